The number of benzene rings is 1. The second-order valence-corrected chi connectivity index (χ2v) is 8.64. The first-order valence-corrected chi connectivity index (χ1v) is 11.4. The molecule has 0 saturated carbocycles. The van der Waals surface area contributed by atoms with E-state index in [4.69, 9.17) is 27.2 Å². The van der Waals surface area contributed by atoms with Gasteiger partial charge in [-0.1, -0.05) is 18.2 Å². The van der Waals surface area contributed by atoms with Crippen LogP contribution in [-0.2, 0) is 4.79 Å². The van der Waals surface area contributed by atoms with Crippen molar-refractivity contribution in [3.05, 3.63) is 41.2 Å². The number of carbonyl (C=O) groups excluding carboxylic acids is 2. The van der Waals surface area contributed by atoms with Gasteiger partial charge >= 0.3 is 0 Å². The van der Waals surface area contributed by atoms with Crippen molar-refractivity contribution in [3.8, 4) is 17.0 Å². The Kier molecular flexibility index (Phi) is 6.60. The van der Waals surface area contributed by atoms with Gasteiger partial charge in [0.15, 0.2) is 11.6 Å². The average Bonchev–Trinajstić information content (AvgIpc) is 3.21. The zero-order valence-corrected chi connectivity index (χ0v) is 19.2. The number of anilines is 1. The normalized spacial score (nSPS) is 18.4. The lowest BCUT2D eigenvalue weighted by Crippen LogP contribution is -2.41. The molecule has 2 amide bonds. The van der Waals surface area contributed by atoms with Crippen molar-refractivity contribution in [2.24, 2.45) is 11.7 Å². The number of rotatable bonds is 6. The maximum absolute atomic E-state index is 14.4. The largest absolute Gasteiger partial charge is 0.491 e. The van der Waals surface area contributed by atoms with Crippen molar-refractivity contribution in [3.63, 3.8) is 0 Å². The van der Waals surface area contributed by atoms with Crippen molar-refractivity contribution < 1.29 is 18.7 Å². The summed E-state index contributed by atoms with van der Waals surface area (Å²) < 4.78 is 21.6. The van der Waals surface area contributed by atoms with E-state index in [1.807, 2.05) is 4.68 Å². The van der Waals surface area contributed by atoms with E-state index in [2.05, 4.69) is 11.9 Å². The molecule has 3 N–H and O–H groups in total. The topological polar surface area (TPSA) is 102 Å². The van der Waals surface area contributed by atoms with Crippen LogP contribution in [0, 0.1) is 11.7 Å². The number of likely N-dealkylation sites (tertiary alicyclic amines) is 1. The zero-order chi connectivity index (χ0) is 23.7. The van der Waals surface area contributed by atoms with Crippen LogP contribution in [-0.4, -0.2) is 52.7 Å². The number of aromatic nitrogens is 2. The Morgan fingerprint density at radius 3 is 2.73 bits per heavy atom. The minimum atomic E-state index is -0.663. The standard InChI is InChI=1S/C23H27ClFN5O3/c1-3-18(31)29-9-6-13(7-10-29)16-5-8-27-23-19(22(26)32)21(28-30(16)23)14-11-15(24)20(25)17(12-14)33-4-2/h3,11-13,16,27H,1,4-10H2,2H3,(H2,26,32). The van der Waals surface area contributed by atoms with Gasteiger partial charge in [0, 0.05) is 25.2 Å². The molecular weight excluding hydrogens is 449 g/mol. The van der Waals surface area contributed by atoms with Crippen LogP contribution < -0.4 is 15.8 Å². The Hall–Kier alpha value is -3.07. The maximum atomic E-state index is 14.4. The van der Waals surface area contributed by atoms with Crippen LogP contribution >= 0.6 is 11.6 Å². The molecule has 33 heavy (non-hydrogen) atoms. The number of hydrogen-bond acceptors (Lipinski definition) is 5. The summed E-state index contributed by atoms with van der Waals surface area (Å²) in [6.07, 6.45) is 3.80. The van der Waals surface area contributed by atoms with Gasteiger partial charge in [-0.05, 0) is 50.3 Å². The number of nitrogens with zero attached hydrogens (tertiary/aromatic N) is 3. The van der Waals surface area contributed by atoms with E-state index in [-0.39, 0.29) is 40.8 Å². The molecule has 1 atom stereocenters. The first kappa shape index (κ1) is 23.1. The average molecular weight is 476 g/mol. The summed E-state index contributed by atoms with van der Waals surface area (Å²) >= 11 is 6.10. The van der Waals surface area contributed by atoms with E-state index in [1.165, 1.54) is 18.2 Å². The molecule has 2 aliphatic heterocycles. The highest BCUT2D eigenvalue weighted by molar-refractivity contribution is 6.31. The van der Waals surface area contributed by atoms with Crippen LogP contribution in [0.15, 0.2) is 24.8 Å². The molecule has 2 aromatic rings. The molecule has 1 unspecified atom stereocenters. The predicted molar refractivity (Wildman–Crippen MR) is 124 cm³/mol. The second kappa shape index (κ2) is 9.43. The summed E-state index contributed by atoms with van der Waals surface area (Å²) in [6, 6.07) is 2.95. The second-order valence-electron chi connectivity index (χ2n) is 8.23. The molecule has 0 spiro atoms. The number of nitrogens with two attached hydrogens (primary N) is 1. The predicted octanol–water partition coefficient (Wildman–Crippen LogP) is 3.62. The Labute approximate surface area is 196 Å². The molecule has 8 nitrogen and oxygen atoms in total. The van der Waals surface area contributed by atoms with Crippen LogP contribution in [0.2, 0.25) is 5.02 Å². The first-order valence-electron chi connectivity index (χ1n) is 11.0. The Balaban J connectivity index is 1.72. The highest BCUT2D eigenvalue weighted by Crippen LogP contribution is 2.41. The SMILES string of the molecule is C=CC(=O)N1CCC(C2CCNc3c(C(N)=O)c(-c4cc(Cl)c(F)c(OCC)c4)nn32)CC1. The van der Waals surface area contributed by atoms with Crippen LogP contribution in [0.3, 0.4) is 0 Å². The third kappa shape index (κ3) is 4.29. The van der Waals surface area contributed by atoms with E-state index < -0.39 is 11.7 Å². The number of amides is 2. The lowest BCUT2D eigenvalue weighted by atomic mass is 9.87. The van der Waals surface area contributed by atoms with E-state index in [0.29, 0.717) is 36.7 Å². The molecule has 3 heterocycles. The Morgan fingerprint density at radius 2 is 2.09 bits per heavy atom. The van der Waals surface area contributed by atoms with E-state index in [0.717, 1.165) is 19.3 Å². The van der Waals surface area contributed by atoms with Crippen LogP contribution in [0.1, 0.15) is 42.6 Å². The van der Waals surface area contributed by atoms with Gasteiger partial charge < -0.3 is 20.7 Å². The number of primary amides is 1. The molecule has 1 fully saturated rings. The minimum Gasteiger partial charge on any atom is -0.491 e. The highest BCUT2D eigenvalue weighted by atomic mass is 35.5. The van der Waals surface area contributed by atoms with Crippen molar-refractivity contribution in [2.75, 3.05) is 31.6 Å². The quantitative estimate of drug-likeness (QED) is 0.621. The molecule has 4 rings (SSSR count). The molecule has 0 bridgehead atoms. The van der Waals surface area contributed by atoms with Gasteiger partial charge in [0.05, 0.1) is 17.7 Å². The molecule has 0 aliphatic carbocycles. The van der Waals surface area contributed by atoms with E-state index >= 15 is 0 Å². The molecule has 2 aliphatic rings. The number of hydrogen-bond donors (Lipinski definition) is 2. The van der Waals surface area contributed by atoms with Gasteiger partial charge in [0.2, 0.25) is 5.91 Å². The van der Waals surface area contributed by atoms with Gasteiger partial charge in [-0.2, -0.15) is 5.10 Å². The third-order valence-electron chi connectivity index (χ3n) is 6.34. The highest BCUT2D eigenvalue weighted by Gasteiger charge is 2.36. The van der Waals surface area contributed by atoms with Crippen LogP contribution in [0.5, 0.6) is 5.75 Å². The fourth-order valence-corrected chi connectivity index (χ4v) is 4.98. The summed E-state index contributed by atoms with van der Waals surface area (Å²) in [4.78, 5) is 26.2. The van der Waals surface area contributed by atoms with E-state index in [1.54, 1.807) is 11.8 Å². The first-order chi connectivity index (χ1) is 15.8. The van der Waals surface area contributed by atoms with Crippen molar-refractivity contribution in [2.45, 2.75) is 32.2 Å². The Morgan fingerprint density at radius 1 is 1.36 bits per heavy atom. The molecule has 1 aromatic carbocycles. The summed E-state index contributed by atoms with van der Waals surface area (Å²) in [5.74, 6) is -0.533. The molecule has 176 valence electrons. The smallest absolute Gasteiger partial charge is 0.254 e. The van der Waals surface area contributed by atoms with Gasteiger partial charge in [-0.15, -0.1) is 0 Å². The Bertz CT molecular complexity index is 1090. The van der Waals surface area contributed by atoms with Crippen molar-refractivity contribution in [1.29, 1.82) is 0 Å². The van der Waals surface area contributed by atoms with Crippen LogP contribution in [0.4, 0.5) is 10.2 Å². The summed E-state index contributed by atoms with van der Waals surface area (Å²) in [5.41, 5.74) is 6.78. The number of nitrogens with one attached hydrogen (secondary N) is 1. The lowest BCUT2D eigenvalue weighted by molar-refractivity contribution is -0.127. The summed E-state index contributed by atoms with van der Waals surface area (Å²) in [5, 5.41) is 7.89. The number of ether oxygens (including phenoxy) is 1. The number of halogens is 2. The number of piperidine rings is 1. The lowest BCUT2D eigenvalue weighted by Gasteiger charge is -2.38. The molecule has 1 saturated heterocycles. The van der Waals surface area contributed by atoms with Gasteiger partial charge in [0.25, 0.3) is 5.91 Å². The van der Waals surface area contributed by atoms with Crippen molar-refractivity contribution in [1.82, 2.24) is 14.7 Å². The summed E-state index contributed by atoms with van der Waals surface area (Å²) in [6.45, 7) is 7.53. The number of carbonyl (C=O) groups is 2. The molecule has 10 heteroatoms. The maximum Gasteiger partial charge on any atom is 0.254 e. The number of fused-ring (bicyclic) bond motifs is 1. The van der Waals surface area contributed by atoms with Gasteiger partial charge in [-0.3, -0.25) is 9.59 Å². The fourth-order valence-electron chi connectivity index (χ4n) is 4.77. The summed E-state index contributed by atoms with van der Waals surface area (Å²) in [7, 11) is 0. The van der Waals surface area contributed by atoms with Gasteiger partial charge in [0.1, 0.15) is 17.1 Å². The monoisotopic (exact) mass is 475 g/mol. The third-order valence-corrected chi connectivity index (χ3v) is 6.62. The van der Waals surface area contributed by atoms with E-state index in [9.17, 15) is 14.0 Å². The molecule has 1 aromatic heterocycles. The molecule has 0 radical (unpaired) electrons. The van der Waals surface area contributed by atoms with Crippen LogP contribution in [0.25, 0.3) is 11.3 Å². The zero-order valence-electron chi connectivity index (χ0n) is 18.4. The fraction of sp³-hybridized carbons (Fsp3) is 0.435. The minimum absolute atomic E-state index is 0.00911. The van der Waals surface area contributed by atoms with Gasteiger partial charge in [-0.25, -0.2) is 9.07 Å². The molecular formula is C23H27ClFN5O3. The van der Waals surface area contributed by atoms with Crippen molar-refractivity contribution >= 4 is 29.2 Å².